The summed E-state index contributed by atoms with van der Waals surface area (Å²) in [6.45, 7) is 1.47. The van der Waals surface area contributed by atoms with Gasteiger partial charge in [-0.05, 0) is 190 Å². The van der Waals surface area contributed by atoms with Crippen molar-refractivity contribution in [1.82, 2.24) is 42.9 Å². The molecular weight excluding hydrogens is 1770 g/mol. The maximum Gasteiger partial charge on any atom is 0.373 e. The minimum atomic E-state index is -0.979. The number of methoxy groups -OCH3 is 6. The van der Waals surface area contributed by atoms with Gasteiger partial charge in [0.1, 0.15) is 112 Å². The van der Waals surface area contributed by atoms with Gasteiger partial charge < -0.3 is 109 Å². The zero-order valence-electron chi connectivity index (χ0n) is 74.5. The van der Waals surface area contributed by atoms with Crippen LogP contribution in [0.3, 0.4) is 0 Å². The third kappa shape index (κ3) is 56.7. The molecule has 6 aromatic rings. The van der Waals surface area contributed by atoms with Gasteiger partial charge in [-0.15, -0.1) is 0 Å². The van der Waals surface area contributed by atoms with Crippen LogP contribution >= 0.6 is 25.3 Å². The first kappa shape index (κ1) is 117. The Morgan fingerprint density at radius 3 is 0.932 bits per heavy atom. The summed E-state index contributed by atoms with van der Waals surface area (Å²) in [7, 11) is 9.49. The smallest absolute Gasteiger partial charge is 0.373 e. The van der Waals surface area contributed by atoms with Gasteiger partial charge in [0.25, 0.3) is 0 Å². The largest absolute Gasteiger partial charge is 0.497 e. The van der Waals surface area contributed by atoms with Crippen molar-refractivity contribution in [2.75, 3.05) is 80.7 Å². The number of carboxylic acids is 2. The SMILES string of the molecule is COc1ccc(COC(=O)CCC(Cc2ccc(OC)cc2)NC(=O)NC(CCCCN)C(=O)OCc2ccc(OC)cc2)cc1.COc1ccc(COC(=O)CCC(Cc2ccc(OC)cc2)NC(=O)NC(CS)C(=O)OCc2ccc(OC)cc2)cc1.NCCCC[C@@H](C=O)NCON[C@H](C=O)CCC(=O)O.O=C=O.O=C=O.O=C[C@H](CS)NCON[C@H](C=O)CCC(=O)O. The van der Waals surface area contributed by atoms with Gasteiger partial charge in [0, 0.05) is 49.3 Å². The highest BCUT2D eigenvalue weighted by atomic mass is 32.1. The van der Waals surface area contributed by atoms with Gasteiger partial charge in [-0.2, -0.15) is 55.4 Å². The fourth-order valence-corrected chi connectivity index (χ4v) is 11.5. The van der Waals surface area contributed by atoms with E-state index in [0.717, 1.165) is 52.5 Å². The third-order valence-corrected chi connectivity index (χ3v) is 19.1. The lowest BCUT2D eigenvalue weighted by atomic mass is 10.0. The first-order valence-electron chi connectivity index (χ1n) is 41.4. The predicted octanol–water partition coefficient (Wildman–Crippen LogP) is 6.18. The van der Waals surface area contributed by atoms with E-state index < -0.39 is 84.2 Å². The van der Waals surface area contributed by atoms with Crippen molar-refractivity contribution >= 4 is 111 Å². The summed E-state index contributed by atoms with van der Waals surface area (Å²) in [4.78, 5) is 182. The summed E-state index contributed by atoms with van der Waals surface area (Å²) in [5.74, 6) is 0.710. The Morgan fingerprint density at radius 1 is 0.356 bits per heavy atom. The number of carbonyl (C=O) groups is 12. The van der Waals surface area contributed by atoms with E-state index in [1.165, 1.54) is 0 Å². The fraction of sp³-hybridized carbons (Fsp3) is 0.444. The second-order valence-corrected chi connectivity index (χ2v) is 28.7. The van der Waals surface area contributed by atoms with Crippen LogP contribution in [0, 0.1) is 0 Å². The Labute approximate surface area is 776 Å². The Hall–Kier alpha value is -12.7. The van der Waals surface area contributed by atoms with E-state index in [0.29, 0.717) is 124 Å². The molecule has 6 rings (SSSR count). The summed E-state index contributed by atoms with van der Waals surface area (Å²) in [6.07, 6.45) is 8.93. The standard InChI is InChI=1S/C35H45N3O8.C32H38N2O8S.C12H23N3O5.C9H16N2O5S.2CO2/c1-42-29-14-7-25(8-15-29)22-28(13-20-33(39)45-23-26-9-16-30(43-2)17-10-26)37-35(41)38-32(6-4-5-21-36)34(40)46-24-27-11-18-31(44-3)19-12-27;1-38-26-11-4-22(5-12-26)18-25(10-17-30(35)41-19-23-6-13-27(39-2)14-7-23)33-32(37)34-29(21-43)31(36)42-20-24-8-15-28(40-3)16-9-24;13-6-2-1-3-10(7-16)14-9-20-15-11(8-17)4-5-12(18)19;12-3-7(1-2-9(14)15)11-16-6-10-8(4-13)5-17;2*2-1-3/h7-12,14-19,28,32H,4-6,13,20-24,36H2,1-3H3,(H2,37,38,41);4-9,11-16,25,29,43H,10,17-21H2,1-3H3,(H2,33,34,37);7-8,10-11,14-15H,1-6,9,13H2,(H,18,19);3-4,7-8,10-11,17H,1-2,5-6H2,(H,14,15);;/t;;10-,11-;7-,8+;;/m..00../s1. The molecule has 4 unspecified atom stereocenters. The highest BCUT2D eigenvalue weighted by Crippen LogP contribution is 2.21. The topological polar surface area (TPSA) is 573 Å². The molecule has 0 bridgehead atoms. The second-order valence-electron chi connectivity index (χ2n) is 28.0. The van der Waals surface area contributed by atoms with Crippen molar-refractivity contribution in [2.45, 2.75) is 177 Å². The van der Waals surface area contributed by atoms with Crippen LogP contribution in [0.1, 0.15) is 123 Å². The number of carboxylic acid groups (broad SMARTS) is 2. The van der Waals surface area contributed by atoms with Gasteiger partial charge in [-0.3, -0.25) is 39.5 Å². The molecule has 8 atom stereocenters. The Bertz CT molecular complexity index is 4300. The number of esters is 4. The number of carbonyl (C=O) groups excluding carboxylic acids is 14. The summed E-state index contributed by atoms with van der Waals surface area (Å²) in [5, 5.41) is 33.7. The lowest BCUT2D eigenvalue weighted by molar-refractivity contribution is -0.193. The summed E-state index contributed by atoms with van der Waals surface area (Å²) >= 11 is 8.14. The number of aldehydes is 4. The average molecular weight is 1890 g/mol. The molecule has 0 aliphatic carbocycles. The molecule has 4 amide bonds. The van der Waals surface area contributed by atoms with Crippen LogP contribution < -0.4 is 82.7 Å². The number of urea groups is 2. The van der Waals surface area contributed by atoms with Gasteiger partial charge in [-0.25, -0.2) is 19.2 Å². The Balaban J connectivity index is 0.000000926. The number of hydroxylamine groups is 2. The van der Waals surface area contributed by atoms with Crippen molar-refractivity contribution in [2.24, 2.45) is 11.5 Å². The first-order valence-corrected chi connectivity index (χ1v) is 42.7. The van der Waals surface area contributed by atoms with Crippen LogP contribution in [-0.4, -0.2) is 225 Å². The Kier molecular flexibility index (Phi) is 66.7. The van der Waals surface area contributed by atoms with E-state index in [1.54, 1.807) is 115 Å². The Morgan fingerprint density at radius 2 is 0.644 bits per heavy atom. The van der Waals surface area contributed by atoms with Gasteiger partial charge in [0.05, 0.1) is 66.8 Å². The van der Waals surface area contributed by atoms with Crippen LogP contribution in [-0.2, 0) is 135 Å². The molecule has 724 valence electrons. The van der Waals surface area contributed by atoms with E-state index in [9.17, 15) is 57.5 Å². The number of hydrogen-bond acceptors (Lipinski definition) is 36. The molecule has 0 saturated carbocycles. The average Bonchev–Trinajstić information content (AvgIpc) is 0.967. The third-order valence-electron chi connectivity index (χ3n) is 18.3. The van der Waals surface area contributed by atoms with Crippen LogP contribution in [0.2, 0.25) is 0 Å². The first-order chi connectivity index (χ1) is 63.7. The van der Waals surface area contributed by atoms with E-state index in [4.69, 9.17) is 97.9 Å². The van der Waals surface area contributed by atoms with Crippen LogP contribution in [0.4, 0.5) is 9.59 Å². The van der Waals surface area contributed by atoms with Crippen LogP contribution in [0.5, 0.6) is 34.5 Å². The molecule has 0 aliphatic rings. The lowest BCUT2D eigenvalue weighted by Crippen LogP contribution is -2.50. The summed E-state index contributed by atoms with van der Waals surface area (Å²) < 4.78 is 52.9. The maximum atomic E-state index is 13.2. The molecule has 14 N–H and O–H groups in total. The molecule has 6 aromatic carbocycles. The van der Waals surface area contributed by atoms with Gasteiger partial charge in [0.15, 0.2) is 0 Å². The van der Waals surface area contributed by atoms with Crippen molar-refractivity contribution in [3.05, 3.63) is 179 Å². The van der Waals surface area contributed by atoms with Crippen molar-refractivity contribution in [3.63, 3.8) is 0 Å². The molecule has 0 aromatic heterocycles. The molecule has 0 fully saturated rings. The zero-order chi connectivity index (χ0) is 97.9. The minimum absolute atomic E-state index is 0.0153. The highest BCUT2D eigenvalue weighted by molar-refractivity contribution is 7.80. The number of nitrogens with one attached hydrogen (secondary N) is 8. The molecule has 132 heavy (non-hydrogen) atoms. The molecule has 0 aliphatic heterocycles. The van der Waals surface area contributed by atoms with E-state index in [2.05, 4.69) is 68.1 Å². The zero-order valence-corrected chi connectivity index (χ0v) is 76.3. The molecule has 0 saturated heterocycles. The molecule has 0 spiro atoms. The minimum Gasteiger partial charge on any atom is -0.497 e. The van der Waals surface area contributed by atoms with Crippen LogP contribution in [0.15, 0.2) is 146 Å². The number of rotatable bonds is 60. The molecule has 40 nitrogen and oxygen atoms in total. The monoisotopic (exact) mass is 1890 g/mol. The molecule has 42 heteroatoms. The molecule has 0 heterocycles. The number of ether oxygens (including phenoxy) is 10. The fourth-order valence-electron chi connectivity index (χ4n) is 11.0. The number of amides is 4. The lowest BCUT2D eigenvalue weighted by Gasteiger charge is -2.22. The van der Waals surface area contributed by atoms with Gasteiger partial charge in [-0.1, -0.05) is 79.2 Å². The molecule has 0 radical (unpaired) electrons. The second kappa shape index (κ2) is 75.0. The summed E-state index contributed by atoms with van der Waals surface area (Å²) in [6, 6.07) is 37.8. The van der Waals surface area contributed by atoms with Crippen LogP contribution in [0.25, 0.3) is 0 Å². The number of nitrogens with two attached hydrogens (primary N) is 2. The van der Waals surface area contributed by atoms with Gasteiger partial charge in [0.2, 0.25) is 0 Å². The van der Waals surface area contributed by atoms with Crippen molar-refractivity contribution in [1.29, 1.82) is 0 Å². The number of unbranched alkanes of at least 4 members (excludes halogenated alkanes) is 2. The van der Waals surface area contributed by atoms with Gasteiger partial charge >= 0.3 is 60.2 Å². The number of thiol groups is 2. The normalized spacial score (nSPS) is 12.0. The molecular formula is C90H122N10O30S2. The predicted molar refractivity (Wildman–Crippen MR) is 483 cm³/mol. The number of hydrogen-bond donors (Lipinski definition) is 14. The number of benzene rings is 6. The van der Waals surface area contributed by atoms with E-state index >= 15 is 0 Å². The van der Waals surface area contributed by atoms with E-state index in [1.807, 2.05) is 72.8 Å². The van der Waals surface area contributed by atoms with E-state index in [-0.39, 0.29) is 108 Å². The van der Waals surface area contributed by atoms with Crippen molar-refractivity contribution in [3.8, 4) is 34.5 Å². The number of aliphatic carboxylic acids is 2. The maximum absolute atomic E-state index is 13.2. The highest BCUT2D eigenvalue weighted by Gasteiger charge is 2.27. The van der Waals surface area contributed by atoms with Crippen molar-refractivity contribution < 1.29 is 144 Å². The summed E-state index contributed by atoms with van der Waals surface area (Å²) in [5.41, 5.74) is 21.0. The quantitative estimate of drug-likeness (QED) is 0.00385.